The second-order valence-electron chi connectivity index (χ2n) is 8.18. The van der Waals surface area contributed by atoms with Gasteiger partial charge in [0.25, 0.3) is 0 Å². The van der Waals surface area contributed by atoms with E-state index in [1.54, 1.807) is 0 Å². The second-order valence-corrected chi connectivity index (χ2v) is 8.18. The zero-order chi connectivity index (χ0) is 28.0. The Morgan fingerprint density at radius 2 is 1.68 bits per heavy atom. The maximum atomic E-state index is 12.7. The highest BCUT2D eigenvalue weighted by Crippen LogP contribution is 2.07. The predicted octanol–water partition coefficient (Wildman–Crippen LogP) is -5.09. The first kappa shape index (κ1) is 31.0. The maximum absolute atomic E-state index is 12.7. The molecule has 1 aliphatic rings. The van der Waals surface area contributed by atoms with Gasteiger partial charge in [-0.15, -0.1) is 0 Å². The van der Waals surface area contributed by atoms with Gasteiger partial charge in [0, 0.05) is 6.54 Å². The van der Waals surface area contributed by atoms with Crippen molar-refractivity contribution in [2.45, 2.75) is 56.3 Å². The van der Waals surface area contributed by atoms with E-state index >= 15 is 0 Å². The first-order valence-corrected chi connectivity index (χ1v) is 11.5. The van der Waals surface area contributed by atoms with Crippen LogP contribution in [0.2, 0.25) is 0 Å². The Kier molecular flexibility index (Phi) is 13.3. The lowest BCUT2D eigenvalue weighted by Crippen LogP contribution is -2.55. The molecule has 0 aromatic rings. The van der Waals surface area contributed by atoms with Crippen LogP contribution in [0.1, 0.15) is 32.1 Å². The quantitative estimate of drug-likeness (QED) is 0.0509. The van der Waals surface area contributed by atoms with E-state index < -0.39 is 73.4 Å². The van der Waals surface area contributed by atoms with E-state index in [1.165, 1.54) is 0 Å². The molecule has 1 fully saturated rings. The summed E-state index contributed by atoms with van der Waals surface area (Å²) in [7, 11) is 0. The molecular formula is C20H34N8O9. The molecule has 0 radical (unpaired) electrons. The predicted molar refractivity (Wildman–Crippen MR) is 127 cm³/mol. The molecule has 37 heavy (non-hydrogen) atoms. The van der Waals surface area contributed by atoms with Gasteiger partial charge in [-0.1, -0.05) is 0 Å². The van der Waals surface area contributed by atoms with E-state index in [4.69, 9.17) is 26.8 Å². The fraction of sp³-hybridized carbons (Fsp3) is 0.650. The van der Waals surface area contributed by atoms with Crippen LogP contribution in [0, 0.1) is 0 Å². The van der Waals surface area contributed by atoms with Crippen molar-refractivity contribution < 1.29 is 44.1 Å². The zero-order valence-corrected chi connectivity index (χ0v) is 20.1. The number of rotatable bonds is 16. The van der Waals surface area contributed by atoms with E-state index in [-0.39, 0.29) is 24.8 Å². The van der Waals surface area contributed by atoms with Crippen molar-refractivity contribution in [1.29, 1.82) is 0 Å². The normalized spacial score (nSPS) is 16.9. The van der Waals surface area contributed by atoms with E-state index in [0.29, 0.717) is 19.4 Å². The lowest BCUT2D eigenvalue weighted by molar-refractivity contribution is -0.144. The molecule has 0 aromatic heterocycles. The molecule has 0 spiro atoms. The summed E-state index contributed by atoms with van der Waals surface area (Å²) in [5, 5.41) is 38.9. The van der Waals surface area contributed by atoms with Crippen molar-refractivity contribution in [3.8, 4) is 0 Å². The van der Waals surface area contributed by atoms with E-state index in [0.717, 1.165) is 6.42 Å². The number of nitrogens with one attached hydrogen (secondary N) is 5. The fourth-order valence-corrected chi connectivity index (χ4v) is 3.33. The van der Waals surface area contributed by atoms with Crippen LogP contribution in [0.5, 0.6) is 0 Å². The zero-order valence-electron chi connectivity index (χ0n) is 20.1. The molecular weight excluding hydrogens is 496 g/mol. The molecule has 12 N–H and O–H groups in total. The number of carboxylic acids is 2. The van der Waals surface area contributed by atoms with Gasteiger partial charge in [0.2, 0.25) is 23.6 Å². The molecule has 0 unspecified atom stereocenters. The Balaban J connectivity index is 2.75. The summed E-state index contributed by atoms with van der Waals surface area (Å²) in [6, 6.07) is -4.88. The Morgan fingerprint density at radius 1 is 0.973 bits per heavy atom. The van der Waals surface area contributed by atoms with E-state index in [2.05, 4.69) is 26.3 Å². The van der Waals surface area contributed by atoms with Gasteiger partial charge in [0.1, 0.15) is 18.1 Å². The highest BCUT2D eigenvalue weighted by atomic mass is 16.4. The number of aliphatic carboxylic acids is 2. The van der Waals surface area contributed by atoms with Gasteiger partial charge in [-0.3, -0.25) is 29.0 Å². The summed E-state index contributed by atoms with van der Waals surface area (Å²) in [6.45, 7) is -0.776. The summed E-state index contributed by atoms with van der Waals surface area (Å²) >= 11 is 0. The number of nitrogens with two attached hydrogens (primary N) is 2. The van der Waals surface area contributed by atoms with Crippen molar-refractivity contribution >= 4 is 41.5 Å². The topological polar surface area (TPSA) is 288 Å². The maximum Gasteiger partial charge on any atom is 0.328 e. The Labute approximate surface area is 211 Å². The number of carbonyl (C=O) groups is 6. The summed E-state index contributed by atoms with van der Waals surface area (Å²) in [5.74, 6) is -6.37. The van der Waals surface area contributed by atoms with Crippen molar-refractivity contribution in [3.05, 3.63) is 0 Å². The molecule has 1 saturated heterocycles. The van der Waals surface area contributed by atoms with Crippen LogP contribution in [0.25, 0.3) is 0 Å². The van der Waals surface area contributed by atoms with Crippen LogP contribution in [0.4, 0.5) is 0 Å². The number of guanidine groups is 1. The lowest BCUT2D eigenvalue weighted by Gasteiger charge is -2.21. The molecule has 4 amide bonds. The SMILES string of the molecule is NC(N)=NCCC[C@H](NC(=O)[C@@H]1CCCN1)C(=O)NCC(=O)N[C@@H](CC(=O)O)C(=O)N[C@@H](CO)C(=O)O. The number of carbonyl (C=O) groups excluding carboxylic acids is 4. The average molecular weight is 531 g/mol. The van der Waals surface area contributed by atoms with Gasteiger partial charge in [-0.2, -0.15) is 0 Å². The molecule has 208 valence electrons. The minimum Gasteiger partial charge on any atom is -0.481 e. The van der Waals surface area contributed by atoms with Crippen LogP contribution in [-0.2, 0) is 28.8 Å². The molecule has 0 aromatic carbocycles. The number of amides is 4. The third-order valence-corrected chi connectivity index (χ3v) is 5.21. The number of hydrogen-bond acceptors (Lipinski definition) is 9. The van der Waals surface area contributed by atoms with Crippen LogP contribution < -0.4 is 38.1 Å². The van der Waals surface area contributed by atoms with Crippen LogP contribution in [-0.4, -0.2) is 107 Å². The van der Waals surface area contributed by atoms with Gasteiger partial charge in [0.05, 0.1) is 25.6 Å². The summed E-state index contributed by atoms with van der Waals surface area (Å²) in [4.78, 5) is 75.6. The minimum atomic E-state index is -1.71. The van der Waals surface area contributed by atoms with Gasteiger partial charge < -0.3 is 53.4 Å². The molecule has 4 atom stereocenters. The molecule has 1 heterocycles. The Morgan fingerprint density at radius 3 is 2.22 bits per heavy atom. The van der Waals surface area contributed by atoms with E-state index in [1.807, 2.05) is 5.32 Å². The standard InChI is InChI=1S/C20H34N8O9/c21-20(22)24-6-2-4-11(27-17(34)10-3-1-5-23-10)16(33)25-8-14(30)26-12(7-15(31)32)18(35)28-13(9-29)19(36)37/h10-13,23,29H,1-9H2,(H,25,33)(H,26,30)(H,27,34)(H,28,35)(H,31,32)(H,36,37)(H4,21,22,24)/t10-,11-,12-,13-/m0/s1. The monoisotopic (exact) mass is 530 g/mol. The van der Waals surface area contributed by atoms with Gasteiger partial charge in [0.15, 0.2) is 5.96 Å². The first-order chi connectivity index (χ1) is 17.4. The number of aliphatic hydroxyl groups is 1. The van der Waals surface area contributed by atoms with E-state index in [9.17, 15) is 28.8 Å². The first-order valence-electron chi connectivity index (χ1n) is 11.5. The number of carboxylic acid groups (broad SMARTS) is 2. The average Bonchev–Trinajstić information content (AvgIpc) is 3.36. The highest BCUT2D eigenvalue weighted by molar-refractivity contribution is 5.95. The molecule has 1 aliphatic heterocycles. The van der Waals surface area contributed by atoms with Gasteiger partial charge in [-0.05, 0) is 32.2 Å². The molecule has 0 aliphatic carbocycles. The van der Waals surface area contributed by atoms with Crippen molar-refractivity contribution in [2.24, 2.45) is 16.5 Å². The largest absolute Gasteiger partial charge is 0.481 e. The molecule has 17 heteroatoms. The summed E-state index contributed by atoms with van der Waals surface area (Å²) in [5.41, 5.74) is 10.5. The van der Waals surface area contributed by atoms with Gasteiger partial charge in [-0.25, -0.2) is 4.79 Å². The van der Waals surface area contributed by atoms with Crippen LogP contribution in [0.3, 0.4) is 0 Å². The van der Waals surface area contributed by atoms with Gasteiger partial charge >= 0.3 is 11.9 Å². The minimum absolute atomic E-state index is 0.134. The van der Waals surface area contributed by atoms with Crippen molar-refractivity contribution in [2.75, 3.05) is 26.2 Å². The van der Waals surface area contributed by atoms with Crippen LogP contribution >= 0.6 is 0 Å². The summed E-state index contributed by atoms with van der Waals surface area (Å²) in [6.07, 6.45) is 0.988. The second kappa shape index (κ2) is 15.9. The lowest BCUT2D eigenvalue weighted by atomic mass is 10.1. The fourth-order valence-electron chi connectivity index (χ4n) is 3.33. The number of aliphatic hydroxyl groups excluding tert-OH is 1. The third kappa shape index (κ3) is 12.0. The highest BCUT2D eigenvalue weighted by Gasteiger charge is 2.29. The summed E-state index contributed by atoms with van der Waals surface area (Å²) < 4.78 is 0. The number of aliphatic imine (C=N–C) groups is 1. The Bertz CT molecular complexity index is 872. The molecule has 0 bridgehead atoms. The molecule has 0 saturated carbocycles. The Hall–Kier alpha value is -3.99. The number of hydrogen-bond donors (Lipinski definition) is 10. The smallest absolute Gasteiger partial charge is 0.328 e. The van der Waals surface area contributed by atoms with Crippen molar-refractivity contribution in [3.63, 3.8) is 0 Å². The number of nitrogens with zero attached hydrogens (tertiary/aromatic N) is 1. The molecule has 17 nitrogen and oxygen atoms in total. The third-order valence-electron chi connectivity index (χ3n) is 5.21. The van der Waals surface area contributed by atoms with Crippen molar-refractivity contribution in [1.82, 2.24) is 26.6 Å². The molecule has 1 rings (SSSR count). The van der Waals surface area contributed by atoms with Crippen LogP contribution in [0.15, 0.2) is 4.99 Å².